The fourth-order valence-corrected chi connectivity index (χ4v) is 1.73. The molecular weight excluding hydrogens is 208 g/mol. The highest BCUT2D eigenvalue weighted by molar-refractivity contribution is 5.68. The minimum atomic E-state index is 0.922. The van der Waals surface area contributed by atoms with Gasteiger partial charge in [0.1, 0.15) is 5.75 Å². The Kier molecular flexibility index (Phi) is 6.16. The van der Waals surface area contributed by atoms with Crippen LogP contribution in [0.4, 0.5) is 0 Å². The summed E-state index contributed by atoms with van der Waals surface area (Å²) >= 11 is 0. The van der Waals surface area contributed by atoms with Crippen molar-refractivity contribution in [2.45, 2.75) is 33.1 Å². The van der Waals surface area contributed by atoms with Crippen LogP contribution in [0.3, 0.4) is 0 Å². The standard InChI is InChI=1S/C16H22O/c1-4-6-9-14(10-7-5-2)15-11-8-12-16(13-15)17-3/h4,6,8-9,11-13H,5,7,10H2,1-3H3. The number of hydrogen-bond donors (Lipinski definition) is 0. The quantitative estimate of drug-likeness (QED) is 0.635. The maximum atomic E-state index is 5.27. The van der Waals surface area contributed by atoms with E-state index < -0.39 is 0 Å². The Bertz CT molecular complexity index is 388. The second kappa shape index (κ2) is 7.72. The van der Waals surface area contributed by atoms with Crippen molar-refractivity contribution in [1.82, 2.24) is 0 Å². The number of benzene rings is 1. The summed E-state index contributed by atoms with van der Waals surface area (Å²) in [4.78, 5) is 0. The summed E-state index contributed by atoms with van der Waals surface area (Å²) in [6, 6.07) is 8.28. The lowest BCUT2D eigenvalue weighted by atomic mass is 9.99. The number of rotatable bonds is 6. The number of ether oxygens (including phenoxy) is 1. The fourth-order valence-electron chi connectivity index (χ4n) is 1.73. The minimum absolute atomic E-state index is 0.922. The zero-order chi connectivity index (χ0) is 12.5. The van der Waals surface area contributed by atoms with Gasteiger partial charge in [0, 0.05) is 0 Å². The molecule has 0 N–H and O–H groups in total. The Morgan fingerprint density at radius 3 is 2.82 bits per heavy atom. The molecule has 0 aliphatic heterocycles. The molecule has 0 bridgehead atoms. The van der Waals surface area contributed by atoms with Gasteiger partial charge < -0.3 is 4.74 Å². The van der Waals surface area contributed by atoms with Crippen LogP contribution in [0.15, 0.2) is 42.5 Å². The third kappa shape index (κ3) is 4.48. The molecule has 0 saturated heterocycles. The lowest BCUT2D eigenvalue weighted by Gasteiger charge is -2.08. The van der Waals surface area contributed by atoms with Gasteiger partial charge in [0.05, 0.1) is 7.11 Å². The average molecular weight is 230 g/mol. The van der Waals surface area contributed by atoms with Crippen LogP contribution in [-0.2, 0) is 0 Å². The molecule has 0 aromatic heterocycles. The zero-order valence-electron chi connectivity index (χ0n) is 11.1. The van der Waals surface area contributed by atoms with Gasteiger partial charge in [-0.2, -0.15) is 0 Å². The molecule has 1 heteroatoms. The predicted octanol–water partition coefficient (Wildman–Crippen LogP) is 4.84. The van der Waals surface area contributed by atoms with Gasteiger partial charge in [-0.1, -0.05) is 43.7 Å². The van der Waals surface area contributed by atoms with Crippen molar-refractivity contribution in [2.24, 2.45) is 0 Å². The highest BCUT2D eigenvalue weighted by Crippen LogP contribution is 2.24. The molecule has 0 aliphatic rings. The van der Waals surface area contributed by atoms with Crippen LogP contribution in [0, 0.1) is 0 Å². The largest absolute Gasteiger partial charge is 0.497 e. The molecule has 1 nitrogen and oxygen atoms in total. The van der Waals surface area contributed by atoms with Crippen LogP contribution in [0.25, 0.3) is 5.57 Å². The van der Waals surface area contributed by atoms with Crippen molar-refractivity contribution in [3.63, 3.8) is 0 Å². The van der Waals surface area contributed by atoms with E-state index in [-0.39, 0.29) is 0 Å². The molecule has 0 atom stereocenters. The van der Waals surface area contributed by atoms with Crippen molar-refractivity contribution in [3.8, 4) is 5.75 Å². The maximum Gasteiger partial charge on any atom is 0.119 e. The van der Waals surface area contributed by atoms with E-state index in [0.29, 0.717) is 0 Å². The van der Waals surface area contributed by atoms with Gasteiger partial charge in [0.15, 0.2) is 0 Å². The van der Waals surface area contributed by atoms with Gasteiger partial charge >= 0.3 is 0 Å². The van der Waals surface area contributed by atoms with Crippen LogP contribution in [0.1, 0.15) is 38.7 Å². The van der Waals surface area contributed by atoms with E-state index in [1.165, 1.54) is 24.0 Å². The monoisotopic (exact) mass is 230 g/mol. The van der Waals surface area contributed by atoms with Gasteiger partial charge in [-0.05, 0) is 43.0 Å². The molecule has 0 spiro atoms. The molecule has 0 unspecified atom stereocenters. The lowest BCUT2D eigenvalue weighted by molar-refractivity contribution is 0.414. The average Bonchev–Trinajstić information content (AvgIpc) is 2.39. The first-order chi connectivity index (χ1) is 8.31. The van der Waals surface area contributed by atoms with Gasteiger partial charge in [0.2, 0.25) is 0 Å². The number of allylic oxidation sites excluding steroid dienone is 4. The fraction of sp³-hybridized carbons (Fsp3) is 0.375. The van der Waals surface area contributed by atoms with Crippen molar-refractivity contribution >= 4 is 5.57 Å². The van der Waals surface area contributed by atoms with Crippen LogP contribution in [0.5, 0.6) is 5.75 Å². The number of hydrogen-bond acceptors (Lipinski definition) is 1. The van der Waals surface area contributed by atoms with E-state index in [1.807, 2.05) is 19.1 Å². The SMILES string of the molecule is CC=CC=C(CCCC)c1cccc(OC)c1. The summed E-state index contributed by atoms with van der Waals surface area (Å²) < 4.78 is 5.27. The molecule has 0 aliphatic carbocycles. The molecule has 0 saturated carbocycles. The summed E-state index contributed by atoms with van der Waals surface area (Å²) in [7, 11) is 1.71. The van der Waals surface area contributed by atoms with E-state index in [4.69, 9.17) is 4.74 Å². The first-order valence-electron chi connectivity index (χ1n) is 6.28. The van der Waals surface area contributed by atoms with E-state index in [0.717, 1.165) is 12.2 Å². The molecule has 0 fully saturated rings. The van der Waals surface area contributed by atoms with E-state index in [1.54, 1.807) is 7.11 Å². The summed E-state index contributed by atoms with van der Waals surface area (Å²) in [5.41, 5.74) is 2.64. The van der Waals surface area contributed by atoms with Crippen molar-refractivity contribution in [1.29, 1.82) is 0 Å². The van der Waals surface area contributed by atoms with Gasteiger partial charge in [0.25, 0.3) is 0 Å². The summed E-state index contributed by atoms with van der Waals surface area (Å²) in [6.45, 7) is 4.26. The Hall–Kier alpha value is -1.50. The molecule has 0 amide bonds. The summed E-state index contributed by atoms with van der Waals surface area (Å²) in [6.07, 6.45) is 9.92. The Labute approximate surface area is 105 Å². The number of methoxy groups -OCH3 is 1. The van der Waals surface area contributed by atoms with Crippen LogP contribution < -0.4 is 4.74 Å². The summed E-state index contributed by atoms with van der Waals surface area (Å²) in [5.74, 6) is 0.922. The smallest absolute Gasteiger partial charge is 0.119 e. The van der Waals surface area contributed by atoms with Crippen LogP contribution in [-0.4, -0.2) is 7.11 Å². The van der Waals surface area contributed by atoms with E-state index in [2.05, 4.69) is 37.3 Å². The summed E-state index contributed by atoms with van der Waals surface area (Å²) in [5, 5.41) is 0. The third-order valence-electron chi connectivity index (χ3n) is 2.73. The molecule has 1 aromatic carbocycles. The molecule has 92 valence electrons. The minimum Gasteiger partial charge on any atom is -0.497 e. The lowest BCUT2D eigenvalue weighted by Crippen LogP contribution is -1.88. The Balaban J connectivity index is 2.94. The van der Waals surface area contributed by atoms with Crippen LogP contribution >= 0.6 is 0 Å². The third-order valence-corrected chi connectivity index (χ3v) is 2.73. The molecule has 17 heavy (non-hydrogen) atoms. The number of unbranched alkanes of at least 4 members (excludes halogenated alkanes) is 1. The first kappa shape index (κ1) is 13.6. The van der Waals surface area contributed by atoms with Crippen LogP contribution in [0.2, 0.25) is 0 Å². The molecule has 0 radical (unpaired) electrons. The van der Waals surface area contributed by atoms with Crippen molar-refractivity contribution < 1.29 is 4.74 Å². The van der Waals surface area contributed by atoms with Gasteiger partial charge in [-0.15, -0.1) is 0 Å². The van der Waals surface area contributed by atoms with Gasteiger partial charge in [-0.25, -0.2) is 0 Å². The molecule has 1 aromatic rings. The zero-order valence-corrected chi connectivity index (χ0v) is 11.1. The molecule has 0 heterocycles. The second-order valence-electron chi connectivity index (χ2n) is 4.05. The van der Waals surface area contributed by atoms with E-state index >= 15 is 0 Å². The maximum absolute atomic E-state index is 5.27. The van der Waals surface area contributed by atoms with Gasteiger partial charge in [-0.3, -0.25) is 0 Å². The van der Waals surface area contributed by atoms with E-state index in [9.17, 15) is 0 Å². The molecule has 1 rings (SSSR count). The Morgan fingerprint density at radius 1 is 1.35 bits per heavy atom. The predicted molar refractivity (Wildman–Crippen MR) is 75.3 cm³/mol. The second-order valence-corrected chi connectivity index (χ2v) is 4.05. The topological polar surface area (TPSA) is 9.23 Å². The Morgan fingerprint density at radius 2 is 2.18 bits per heavy atom. The highest BCUT2D eigenvalue weighted by atomic mass is 16.5. The highest BCUT2D eigenvalue weighted by Gasteiger charge is 2.01. The molecular formula is C16H22O. The first-order valence-corrected chi connectivity index (χ1v) is 6.28. The van der Waals surface area contributed by atoms with Crippen molar-refractivity contribution in [2.75, 3.05) is 7.11 Å². The normalized spacial score (nSPS) is 12.1. The van der Waals surface area contributed by atoms with Crippen molar-refractivity contribution in [3.05, 3.63) is 48.1 Å².